The minimum absolute atomic E-state index is 0.0257. The van der Waals surface area contributed by atoms with E-state index >= 15 is 0 Å². The van der Waals surface area contributed by atoms with Gasteiger partial charge >= 0.3 is 0 Å². The number of piperidine rings is 1. The number of methoxy groups -OCH3 is 1. The summed E-state index contributed by atoms with van der Waals surface area (Å²) in [6, 6.07) is 15.4. The Bertz CT molecular complexity index is 2200. The molecule has 4 N–H and O–H groups in total. The minimum Gasteiger partial charge on any atom is -0.494 e. The fraction of sp³-hybridized carbons (Fsp3) is 0.361. The second-order valence-electron chi connectivity index (χ2n) is 13.7. The molecule has 5 aromatic rings. The number of benzene rings is 2. The van der Waals surface area contributed by atoms with Gasteiger partial charge in [0.25, 0.3) is 11.8 Å². The number of carbonyl (C=O) groups excluding carboxylic acids is 3. The number of hydrogen-bond acceptors (Lipinski definition) is 7. The maximum Gasteiger partial charge on any atom is 0.254 e. The molecular weight excluding hydrogens is 608 g/mol. The van der Waals surface area contributed by atoms with Gasteiger partial charge in [-0.25, -0.2) is 9.97 Å². The lowest BCUT2D eigenvalue weighted by molar-refractivity contribution is -0.115. The van der Waals surface area contributed by atoms with Crippen molar-refractivity contribution in [1.82, 2.24) is 29.3 Å². The van der Waals surface area contributed by atoms with E-state index in [4.69, 9.17) is 20.4 Å². The second-order valence-corrected chi connectivity index (χ2v) is 13.7. The average Bonchev–Trinajstić information content (AvgIpc) is 3.56. The van der Waals surface area contributed by atoms with Gasteiger partial charge < -0.3 is 35.1 Å². The highest BCUT2D eigenvalue weighted by Gasteiger charge is 2.47. The predicted octanol–water partition coefficient (Wildman–Crippen LogP) is 3.92. The number of ether oxygens (including phenoxy) is 1. The zero-order valence-corrected chi connectivity index (χ0v) is 26.8. The summed E-state index contributed by atoms with van der Waals surface area (Å²) in [4.78, 5) is 50.7. The molecule has 2 bridgehead atoms. The van der Waals surface area contributed by atoms with Crippen LogP contribution in [0.5, 0.6) is 5.75 Å². The zero-order chi connectivity index (χ0) is 32.8. The first-order valence-corrected chi connectivity index (χ1v) is 16.6. The van der Waals surface area contributed by atoms with E-state index in [1.54, 1.807) is 19.2 Å². The largest absolute Gasteiger partial charge is 0.494 e. The highest BCUT2D eigenvalue weighted by atomic mass is 16.5. The van der Waals surface area contributed by atoms with Crippen molar-refractivity contribution >= 4 is 45.5 Å². The molecule has 9 rings (SSSR count). The molecule has 1 saturated heterocycles. The Morgan fingerprint density at radius 3 is 2.65 bits per heavy atom. The van der Waals surface area contributed by atoms with Crippen molar-refractivity contribution in [1.29, 1.82) is 0 Å². The molecule has 3 amide bonds. The maximum absolute atomic E-state index is 13.8. The normalized spacial score (nSPS) is 21.8. The molecule has 2 saturated carbocycles. The Morgan fingerprint density at radius 2 is 1.90 bits per heavy atom. The lowest BCUT2D eigenvalue weighted by Crippen LogP contribution is -2.41. The number of aryl methyl sites for hydroxylation is 1. The third-order valence-electron chi connectivity index (χ3n) is 10.7. The molecule has 2 aromatic carbocycles. The Labute approximate surface area is 276 Å². The number of nitrogens with two attached hydrogens (primary N) is 1. The van der Waals surface area contributed by atoms with E-state index in [-0.39, 0.29) is 36.3 Å². The van der Waals surface area contributed by atoms with Gasteiger partial charge in [-0.1, -0.05) is 6.07 Å². The molecule has 3 atom stereocenters. The summed E-state index contributed by atoms with van der Waals surface area (Å²) in [5.41, 5.74) is 12.6. The van der Waals surface area contributed by atoms with Crippen molar-refractivity contribution in [2.45, 2.75) is 44.3 Å². The molecule has 3 fully saturated rings. The predicted molar refractivity (Wildman–Crippen MR) is 181 cm³/mol. The van der Waals surface area contributed by atoms with Crippen molar-refractivity contribution in [3.63, 3.8) is 0 Å². The SMILES string of the molecule is COc1cc(C(=O)N2CC3CCC2[C@@H]3N)cc2nc(-c3cc4ccc(-c5ccc6c(c5)C(=O)NCC(=O)N6)nc4n3CC3CC3)n(C)c12. The number of rotatable bonds is 6. The molecule has 2 aliphatic carbocycles. The Kier molecular flexibility index (Phi) is 6.42. The fourth-order valence-electron chi connectivity index (χ4n) is 7.93. The number of anilines is 1. The molecule has 12 nitrogen and oxygen atoms in total. The van der Waals surface area contributed by atoms with Crippen molar-refractivity contribution in [2.75, 3.05) is 25.5 Å². The van der Waals surface area contributed by atoms with Gasteiger partial charge in [-0.2, -0.15) is 0 Å². The van der Waals surface area contributed by atoms with Crippen LogP contribution in [0.1, 0.15) is 46.4 Å². The van der Waals surface area contributed by atoms with Crippen LogP contribution >= 0.6 is 0 Å². The van der Waals surface area contributed by atoms with Gasteiger partial charge in [0.1, 0.15) is 16.9 Å². The summed E-state index contributed by atoms with van der Waals surface area (Å²) in [6.07, 6.45) is 4.35. The van der Waals surface area contributed by atoms with Gasteiger partial charge in [-0.15, -0.1) is 0 Å². The second kappa shape index (κ2) is 10.6. The fourth-order valence-corrected chi connectivity index (χ4v) is 7.93. The van der Waals surface area contributed by atoms with Crippen LogP contribution in [-0.4, -0.2) is 74.0 Å². The third kappa shape index (κ3) is 4.50. The molecule has 2 unspecified atom stereocenters. The molecule has 0 radical (unpaired) electrons. The lowest BCUT2D eigenvalue weighted by Gasteiger charge is -2.27. The number of nitrogens with zero attached hydrogens (tertiary/aromatic N) is 5. The Hall–Kier alpha value is -5.23. The minimum atomic E-state index is -0.302. The first kappa shape index (κ1) is 29.0. The number of amides is 3. The number of aromatic nitrogens is 4. The van der Waals surface area contributed by atoms with Gasteiger partial charge in [0, 0.05) is 48.7 Å². The smallest absolute Gasteiger partial charge is 0.254 e. The number of pyridine rings is 1. The number of hydrogen-bond donors (Lipinski definition) is 3. The summed E-state index contributed by atoms with van der Waals surface area (Å²) >= 11 is 0. The first-order chi connectivity index (χ1) is 23.3. The van der Waals surface area contributed by atoms with Gasteiger partial charge in [-0.05, 0) is 80.0 Å². The Balaban J connectivity index is 1.13. The van der Waals surface area contributed by atoms with Crippen molar-refractivity contribution in [3.05, 3.63) is 59.7 Å². The average molecular weight is 645 g/mol. The van der Waals surface area contributed by atoms with Crippen LogP contribution in [0.15, 0.2) is 48.5 Å². The number of fused-ring (bicyclic) bond motifs is 5. The van der Waals surface area contributed by atoms with Crippen LogP contribution in [0.3, 0.4) is 0 Å². The van der Waals surface area contributed by atoms with E-state index in [0.29, 0.717) is 46.5 Å². The molecule has 48 heavy (non-hydrogen) atoms. The van der Waals surface area contributed by atoms with Crippen LogP contribution in [-0.2, 0) is 18.4 Å². The number of imidazole rings is 1. The van der Waals surface area contributed by atoms with Crippen LogP contribution < -0.4 is 21.1 Å². The van der Waals surface area contributed by atoms with Gasteiger partial charge in [-0.3, -0.25) is 14.4 Å². The number of carbonyl (C=O) groups is 3. The van der Waals surface area contributed by atoms with Crippen molar-refractivity contribution < 1.29 is 19.1 Å². The molecule has 12 heteroatoms. The summed E-state index contributed by atoms with van der Waals surface area (Å²) < 4.78 is 10.1. The van der Waals surface area contributed by atoms with E-state index in [9.17, 15) is 14.4 Å². The van der Waals surface area contributed by atoms with Crippen LogP contribution in [0.2, 0.25) is 0 Å². The maximum atomic E-state index is 13.8. The van der Waals surface area contributed by atoms with E-state index < -0.39 is 0 Å². The molecule has 0 spiro atoms. The topological polar surface area (TPSA) is 149 Å². The summed E-state index contributed by atoms with van der Waals surface area (Å²) in [6.45, 7) is 1.43. The monoisotopic (exact) mass is 644 g/mol. The lowest BCUT2D eigenvalue weighted by atomic mass is 10.0. The highest BCUT2D eigenvalue weighted by Crippen LogP contribution is 2.40. The van der Waals surface area contributed by atoms with Crippen LogP contribution in [0, 0.1) is 11.8 Å². The molecule has 244 valence electrons. The van der Waals surface area contributed by atoms with Gasteiger partial charge in [0.2, 0.25) is 5.91 Å². The van der Waals surface area contributed by atoms with E-state index in [2.05, 4.69) is 21.3 Å². The van der Waals surface area contributed by atoms with Crippen LogP contribution in [0.25, 0.3) is 44.8 Å². The van der Waals surface area contributed by atoms with Gasteiger partial charge in [0.15, 0.2) is 5.82 Å². The van der Waals surface area contributed by atoms with Crippen molar-refractivity contribution in [2.24, 2.45) is 24.6 Å². The third-order valence-corrected chi connectivity index (χ3v) is 10.7. The van der Waals surface area contributed by atoms with E-state index in [1.165, 1.54) is 0 Å². The van der Waals surface area contributed by atoms with E-state index in [1.807, 2.05) is 46.8 Å². The first-order valence-electron chi connectivity index (χ1n) is 16.6. The van der Waals surface area contributed by atoms with Gasteiger partial charge in [0.05, 0.1) is 41.8 Å². The Morgan fingerprint density at radius 1 is 1.04 bits per heavy atom. The summed E-state index contributed by atoms with van der Waals surface area (Å²) in [5, 5.41) is 6.42. The van der Waals surface area contributed by atoms with Crippen LogP contribution in [0.4, 0.5) is 5.69 Å². The molecular formula is C36H36N8O4. The van der Waals surface area contributed by atoms with E-state index in [0.717, 1.165) is 71.6 Å². The number of likely N-dealkylation sites (tertiary alicyclic amines) is 1. The highest BCUT2D eigenvalue weighted by molar-refractivity contribution is 6.09. The van der Waals surface area contributed by atoms with Crippen molar-refractivity contribution in [3.8, 4) is 28.5 Å². The quantitative estimate of drug-likeness (QED) is 0.254. The molecule has 5 heterocycles. The molecule has 2 aliphatic heterocycles. The standard InChI is InChI=1S/C36H36N8O4/c1-42-32-26(12-22(14-29(32)48-2)36(47)44-17-21-7-10-27(44)31(21)37)41-34(42)28-13-20-6-8-24(40-33(20)43(28)16-18-3-4-18)19-5-9-25-23(11-19)35(46)38-15-30(45)39-25/h5-6,8-9,11-14,18,21,27,31H,3-4,7,10,15-17,37H2,1-2H3,(H,38,46)(H,39,45)/t21?,27?,31-/m1/s1. The summed E-state index contributed by atoms with van der Waals surface area (Å²) in [5.74, 6) is 1.69. The molecule has 4 aliphatic rings. The number of nitrogens with one attached hydrogen (secondary N) is 2. The summed E-state index contributed by atoms with van der Waals surface area (Å²) in [7, 11) is 3.60. The molecule has 3 aromatic heterocycles. The zero-order valence-electron chi connectivity index (χ0n) is 26.8.